The molecule has 13 heavy (non-hydrogen) atoms. The van der Waals surface area contributed by atoms with E-state index >= 15 is 0 Å². The van der Waals surface area contributed by atoms with Crippen LogP contribution in [0.4, 0.5) is 0 Å². The van der Waals surface area contributed by atoms with Crippen molar-refractivity contribution in [1.82, 2.24) is 5.32 Å². The van der Waals surface area contributed by atoms with Crippen LogP contribution >= 0.6 is 0 Å². The lowest BCUT2D eigenvalue weighted by molar-refractivity contribution is -0.143. The van der Waals surface area contributed by atoms with E-state index in [-0.39, 0.29) is 5.92 Å². The smallest absolute Gasteiger partial charge is 0.326 e. The zero-order valence-corrected chi connectivity index (χ0v) is 8.07. The fraction of sp³-hybridized carbons (Fsp3) is 0.750. The first-order valence-corrected chi connectivity index (χ1v) is 4.15. The van der Waals surface area contributed by atoms with Gasteiger partial charge in [0.15, 0.2) is 0 Å². The summed E-state index contributed by atoms with van der Waals surface area (Å²) < 4.78 is 0. The second kappa shape index (κ2) is 4.81. The molecule has 2 atom stereocenters. The molecule has 1 amide bonds. The van der Waals surface area contributed by atoms with Crippen LogP contribution in [0.1, 0.15) is 20.8 Å². The maximum absolute atomic E-state index is 11.1. The van der Waals surface area contributed by atoms with Crippen LogP contribution in [-0.4, -0.2) is 29.1 Å². The normalized spacial score (nSPS) is 15.2. The summed E-state index contributed by atoms with van der Waals surface area (Å²) in [6.07, 6.45) is 0. The summed E-state index contributed by atoms with van der Waals surface area (Å²) in [5.74, 6) is -1.63. The lowest BCUT2D eigenvalue weighted by Crippen LogP contribution is -2.49. The Bertz CT molecular complexity index is 202. The number of nitrogens with two attached hydrogens (primary N) is 1. The minimum atomic E-state index is -1.04. The molecule has 0 bridgehead atoms. The van der Waals surface area contributed by atoms with E-state index in [1.807, 2.05) is 0 Å². The SMILES string of the molecule is CC(N)C(=[17O])NC(C(=O)O)C(C)C. The van der Waals surface area contributed by atoms with Gasteiger partial charge in [0, 0.05) is 0 Å². The Morgan fingerprint density at radius 2 is 1.92 bits per heavy atom. The Hall–Kier alpha value is -1.10. The molecule has 2 unspecified atom stereocenters. The topological polar surface area (TPSA) is 92.4 Å². The second-order valence-corrected chi connectivity index (χ2v) is 3.36. The summed E-state index contributed by atoms with van der Waals surface area (Å²) in [5.41, 5.74) is 5.28. The van der Waals surface area contributed by atoms with E-state index in [1.165, 1.54) is 6.92 Å². The molecule has 0 aliphatic rings. The molecule has 0 aromatic heterocycles. The number of hydrogen-bond acceptors (Lipinski definition) is 3. The average molecular weight is 189 g/mol. The van der Waals surface area contributed by atoms with Crippen LogP contribution in [0.5, 0.6) is 0 Å². The average Bonchev–Trinajstić information content (AvgIpc) is 1.97. The van der Waals surface area contributed by atoms with Crippen molar-refractivity contribution in [2.45, 2.75) is 32.9 Å². The van der Waals surface area contributed by atoms with Crippen molar-refractivity contribution in [2.24, 2.45) is 11.7 Å². The predicted octanol–water partition coefficient (Wildman–Crippen LogP) is -0.441. The molecule has 0 aromatic rings. The highest BCUT2D eigenvalue weighted by molar-refractivity contribution is 5.86. The third kappa shape index (κ3) is 3.89. The first-order valence-electron chi connectivity index (χ1n) is 4.15. The Balaban J connectivity index is 4.27. The van der Waals surface area contributed by atoms with Crippen LogP contribution in [0.3, 0.4) is 0 Å². The van der Waals surface area contributed by atoms with Gasteiger partial charge in [-0.1, -0.05) is 13.8 Å². The van der Waals surface area contributed by atoms with Crippen LogP contribution in [0, 0.1) is 5.92 Å². The van der Waals surface area contributed by atoms with Gasteiger partial charge in [-0.05, 0) is 12.8 Å². The highest BCUT2D eigenvalue weighted by Crippen LogP contribution is 2.01. The van der Waals surface area contributed by atoms with Gasteiger partial charge < -0.3 is 16.2 Å². The van der Waals surface area contributed by atoms with Crippen molar-refractivity contribution >= 4 is 11.9 Å². The Morgan fingerprint density at radius 3 is 2.15 bits per heavy atom. The van der Waals surface area contributed by atoms with Crippen molar-refractivity contribution in [3.8, 4) is 0 Å². The maximum Gasteiger partial charge on any atom is 0.326 e. The van der Waals surface area contributed by atoms with Gasteiger partial charge in [-0.3, -0.25) is 4.79 Å². The van der Waals surface area contributed by atoms with Crippen LogP contribution in [-0.2, 0) is 9.59 Å². The number of rotatable bonds is 4. The third-order valence-electron chi connectivity index (χ3n) is 1.64. The van der Waals surface area contributed by atoms with Gasteiger partial charge >= 0.3 is 5.97 Å². The van der Waals surface area contributed by atoms with Gasteiger partial charge in [-0.25, -0.2) is 4.79 Å². The lowest BCUT2D eigenvalue weighted by atomic mass is 10.0. The number of aliphatic carboxylic acids is 1. The molecule has 0 saturated heterocycles. The lowest BCUT2D eigenvalue weighted by Gasteiger charge is -2.18. The molecule has 0 spiro atoms. The van der Waals surface area contributed by atoms with Crippen molar-refractivity contribution < 1.29 is 14.7 Å². The largest absolute Gasteiger partial charge is 0.480 e. The van der Waals surface area contributed by atoms with Crippen molar-refractivity contribution in [2.75, 3.05) is 0 Å². The monoisotopic (exact) mass is 189 g/mol. The molecular weight excluding hydrogens is 173 g/mol. The first kappa shape index (κ1) is 11.9. The molecule has 4 N–H and O–H groups in total. The second-order valence-electron chi connectivity index (χ2n) is 3.36. The van der Waals surface area contributed by atoms with E-state index < -0.39 is 24.0 Å². The van der Waals surface area contributed by atoms with E-state index in [0.29, 0.717) is 0 Å². The van der Waals surface area contributed by atoms with E-state index in [9.17, 15) is 9.59 Å². The minimum absolute atomic E-state index is 0.153. The number of carbonyl (C=O) groups excluding carboxylic acids is 1. The number of amides is 1. The van der Waals surface area contributed by atoms with Gasteiger partial charge in [0.2, 0.25) is 5.91 Å². The molecule has 0 heterocycles. The molecule has 5 nitrogen and oxygen atoms in total. The van der Waals surface area contributed by atoms with Gasteiger partial charge in [-0.2, -0.15) is 0 Å². The fourth-order valence-electron chi connectivity index (χ4n) is 0.798. The summed E-state index contributed by atoms with van der Waals surface area (Å²) in [6, 6.07) is -1.54. The van der Waals surface area contributed by atoms with Crippen LogP contribution in [0.15, 0.2) is 0 Å². The summed E-state index contributed by atoms with van der Waals surface area (Å²) in [7, 11) is 0. The molecule has 0 aliphatic carbocycles. The Labute approximate surface area is 77.3 Å². The van der Waals surface area contributed by atoms with Crippen molar-refractivity contribution in [3.63, 3.8) is 0 Å². The molecule has 0 aromatic carbocycles. The van der Waals surface area contributed by atoms with E-state index in [4.69, 9.17) is 10.8 Å². The number of hydrogen-bond donors (Lipinski definition) is 3. The predicted molar refractivity (Wildman–Crippen MR) is 48.1 cm³/mol. The maximum atomic E-state index is 11.1. The number of carboxylic acid groups (broad SMARTS) is 1. The Morgan fingerprint density at radius 1 is 1.46 bits per heavy atom. The molecule has 0 aliphatic heterocycles. The molecule has 0 radical (unpaired) electrons. The molecule has 76 valence electrons. The molecule has 0 rings (SSSR count). The molecule has 0 fully saturated rings. The summed E-state index contributed by atoms with van der Waals surface area (Å²) in [5, 5.41) is 11.1. The van der Waals surface area contributed by atoms with Crippen LogP contribution < -0.4 is 11.1 Å². The fourth-order valence-corrected chi connectivity index (χ4v) is 0.798. The zero-order chi connectivity index (χ0) is 10.6. The van der Waals surface area contributed by atoms with Gasteiger partial charge in [0.05, 0.1) is 6.04 Å². The van der Waals surface area contributed by atoms with Gasteiger partial charge in [-0.15, -0.1) is 0 Å². The van der Waals surface area contributed by atoms with Crippen molar-refractivity contribution in [1.29, 1.82) is 0 Å². The molecule has 0 saturated carbocycles. The van der Waals surface area contributed by atoms with Crippen LogP contribution in [0.2, 0.25) is 0 Å². The first-order chi connectivity index (χ1) is 5.86. The van der Waals surface area contributed by atoms with E-state index in [1.54, 1.807) is 13.8 Å². The minimum Gasteiger partial charge on any atom is -0.480 e. The number of nitrogens with one attached hydrogen (secondary N) is 1. The van der Waals surface area contributed by atoms with Gasteiger partial charge in [0.25, 0.3) is 0 Å². The summed E-state index contributed by atoms with van der Waals surface area (Å²) >= 11 is 0. The van der Waals surface area contributed by atoms with E-state index in [0.717, 1.165) is 0 Å². The number of carboxylic acids is 1. The van der Waals surface area contributed by atoms with Crippen molar-refractivity contribution in [3.05, 3.63) is 0 Å². The van der Waals surface area contributed by atoms with Gasteiger partial charge in [0.1, 0.15) is 6.04 Å². The van der Waals surface area contributed by atoms with Crippen LogP contribution in [0.25, 0.3) is 0 Å². The third-order valence-corrected chi connectivity index (χ3v) is 1.64. The highest BCUT2D eigenvalue weighted by Gasteiger charge is 2.24. The quantitative estimate of drug-likeness (QED) is 0.559. The van der Waals surface area contributed by atoms with E-state index in [2.05, 4.69) is 5.32 Å². The highest BCUT2D eigenvalue weighted by atomic mass is 17.1. The summed E-state index contributed by atoms with van der Waals surface area (Å²) in [6.45, 7) is 4.95. The zero-order valence-electron chi connectivity index (χ0n) is 8.07. The molecular formula is C8H16N2O3. The standard InChI is InChI=1S/C8H16N2O3/c1-4(2)6(8(12)13)10-7(11)5(3)9/h4-6H,9H2,1-3H3,(H,10,11)(H,12,13)/i11+1. The summed E-state index contributed by atoms with van der Waals surface area (Å²) in [4.78, 5) is 21.7. The number of carbonyl (C=O) groups is 2. The Kier molecular flexibility index (Phi) is 4.40. The molecule has 5 heteroatoms.